The quantitative estimate of drug-likeness (QED) is 0.624. The summed E-state index contributed by atoms with van der Waals surface area (Å²) in [6.45, 7) is 0. The van der Waals surface area contributed by atoms with Crippen LogP contribution in [-0.4, -0.2) is 23.6 Å². The molecule has 0 aromatic carbocycles. The first-order valence-corrected chi connectivity index (χ1v) is 3.18. The molecule has 0 N–H and O–H groups in total. The summed E-state index contributed by atoms with van der Waals surface area (Å²) in [4.78, 5) is 10.3. The van der Waals surface area contributed by atoms with Crippen LogP contribution < -0.4 is 4.74 Å². The van der Waals surface area contributed by atoms with Gasteiger partial charge in [0, 0.05) is 6.07 Å². The predicted molar refractivity (Wildman–Crippen MR) is 39.0 cm³/mol. The molecule has 0 aliphatic carbocycles. The van der Waals surface area contributed by atoms with E-state index < -0.39 is 0 Å². The minimum atomic E-state index is 0.150. The molecule has 1 rings (SSSR count). The van der Waals surface area contributed by atoms with Crippen molar-refractivity contribution in [1.29, 1.82) is 0 Å². The van der Waals surface area contributed by atoms with E-state index in [1.165, 1.54) is 13.2 Å². The molecule has 11 heavy (non-hydrogen) atoms. The van der Waals surface area contributed by atoms with E-state index in [1.54, 1.807) is 0 Å². The summed E-state index contributed by atoms with van der Waals surface area (Å²) >= 11 is 5.48. The van der Waals surface area contributed by atoms with E-state index in [9.17, 15) is 4.79 Å². The SMILES string of the molecule is COc1cc(Cl)nnc1C=O. The lowest BCUT2D eigenvalue weighted by molar-refractivity contribution is 0.111. The molecule has 5 heteroatoms. The summed E-state index contributed by atoms with van der Waals surface area (Å²) in [5.74, 6) is 0.333. The van der Waals surface area contributed by atoms with Crippen LogP contribution in [0.15, 0.2) is 6.07 Å². The van der Waals surface area contributed by atoms with Crippen molar-refractivity contribution in [2.75, 3.05) is 7.11 Å². The fourth-order valence-electron chi connectivity index (χ4n) is 0.607. The van der Waals surface area contributed by atoms with E-state index in [0.717, 1.165) is 0 Å². The van der Waals surface area contributed by atoms with Gasteiger partial charge in [-0.2, -0.15) is 0 Å². The third-order valence-electron chi connectivity index (χ3n) is 1.09. The number of methoxy groups -OCH3 is 1. The Morgan fingerprint density at radius 1 is 1.64 bits per heavy atom. The maximum Gasteiger partial charge on any atom is 0.174 e. The zero-order chi connectivity index (χ0) is 8.27. The molecule has 0 saturated heterocycles. The Bertz CT molecular complexity index is 277. The number of hydrogen-bond acceptors (Lipinski definition) is 4. The first kappa shape index (κ1) is 7.94. The second-order valence-electron chi connectivity index (χ2n) is 1.74. The third-order valence-corrected chi connectivity index (χ3v) is 1.27. The van der Waals surface area contributed by atoms with Gasteiger partial charge in [0.2, 0.25) is 0 Å². The van der Waals surface area contributed by atoms with Crippen LogP contribution >= 0.6 is 11.6 Å². The highest BCUT2D eigenvalue weighted by molar-refractivity contribution is 6.29. The third kappa shape index (κ3) is 1.65. The van der Waals surface area contributed by atoms with Gasteiger partial charge in [0.1, 0.15) is 0 Å². The van der Waals surface area contributed by atoms with Crippen molar-refractivity contribution in [1.82, 2.24) is 10.2 Å². The topological polar surface area (TPSA) is 52.1 Å². The number of ether oxygens (including phenoxy) is 1. The van der Waals surface area contributed by atoms with Crippen LogP contribution in [0.1, 0.15) is 10.5 Å². The average molecular weight is 173 g/mol. The van der Waals surface area contributed by atoms with E-state index in [4.69, 9.17) is 16.3 Å². The number of aldehydes is 1. The maximum absolute atomic E-state index is 10.3. The van der Waals surface area contributed by atoms with Gasteiger partial charge in [-0.15, -0.1) is 10.2 Å². The van der Waals surface area contributed by atoms with Gasteiger partial charge < -0.3 is 4.74 Å². The largest absolute Gasteiger partial charge is 0.494 e. The van der Waals surface area contributed by atoms with Crippen molar-refractivity contribution >= 4 is 17.9 Å². The molecular weight excluding hydrogens is 168 g/mol. The van der Waals surface area contributed by atoms with Crippen molar-refractivity contribution in [3.05, 3.63) is 16.9 Å². The molecule has 1 heterocycles. The molecule has 0 atom stereocenters. The number of rotatable bonds is 2. The minimum Gasteiger partial charge on any atom is -0.494 e. The Hall–Kier alpha value is -1.16. The number of halogens is 1. The van der Waals surface area contributed by atoms with Crippen LogP contribution in [0.3, 0.4) is 0 Å². The van der Waals surface area contributed by atoms with Crippen LogP contribution in [0.4, 0.5) is 0 Å². The Morgan fingerprint density at radius 2 is 2.36 bits per heavy atom. The molecule has 0 spiro atoms. The fraction of sp³-hybridized carbons (Fsp3) is 0.167. The van der Waals surface area contributed by atoms with Crippen molar-refractivity contribution in [2.45, 2.75) is 0 Å². The Morgan fingerprint density at radius 3 is 2.91 bits per heavy atom. The van der Waals surface area contributed by atoms with E-state index in [-0.39, 0.29) is 10.8 Å². The minimum absolute atomic E-state index is 0.150. The molecule has 4 nitrogen and oxygen atoms in total. The van der Waals surface area contributed by atoms with Crippen LogP contribution in [0, 0.1) is 0 Å². The van der Waals surface area contributed by atoms with Crippen molar-refractivity contribution in [3.63, 3.8) is 0 Å². The molecular formula is C6H5ClN2O2. The number of nitrogens with zero attached hydrogens (tertiary/aromatic N) is 2. The van der Waals surface area contributed by atoms with Gasteiger partial charge in [-0.25, -0.2) is 0 Å². The summed E-state index contributed by atoms with van der Waals surface area (Å²) < 4.78 is 4.80. The Balaban J connectivity index is 3.16. The van der Waals surface area contributed by atoms with Gasteiger partial charge >= 0.3 is 0 Å². The molecule has 1 aromatic rings. The fourth-order valence-corrected chi connectivity index (χ4v) is 0.744. The molecule has 0 radical (unpaired) electrons. The zero-order valence-electron chi connectivity index (χ0n) is 5.74. The molecule has 0 aliphatic heterocycles. The van der Waals surface area contributed by atoms with E-state index in [2.05, 4.69) is 10.2 Å². The molecule has 0 bridgehead atoms. The summed E-state index contributed by atoms with van der Waals surface area (Å²) in [6, 6.07) is 1.43. The molecule has 58 valence electrons. The summed E-state index contributed by atoms with van der Waals surface area (Å²) in [5, 5.41) is 7.16. The van der Waals surface area contributed by atoms with E-state index in [1.807, 2.05) is 0 Å². The first-order valence-electron chi connectivity index (χ1n) is 2.80. The molecule has 0 amide bonds. The van der Waals surface area contributed by atoms with Gasteiger partial charge in [0.05, 0.1) is 7.11 Å². The molecule has 0 fully saturated rings. The van der Waals surface area contributed by atoms with Crippen LogP contribution in [0.2, 0.25) is 5.15 Å². The second-order valence-corrected chi connectivity index (χ2v) is 2.13. The summed E-state index contributed by atoms with van der Waals surface area (Å²) in [6.07, 6.45) is 0.558. The second kappa shape index (κ2) is 3.30. The Kier molecular flexibility index (Phi) is 2.38. The normalized spacial score (nSPS) is 9.27. The average Bonchev–Trinajstić information content (AvgIpc) is 2.04. The summed E-state index contributed by atoms with van der Waals surface area (Å²) in [5.41, 5.74) is 0.150. The van der Waals surface area contributed by atoms with Crippen molar-refractivity contribution in [2.24, 2.45) is 0 Å². The van der Waals surface area contributed by atoms with Crippen molar-refractivity contribution < 1.29 is 9.53 Å². The number of aromatic nitrogens is 2. The van der Waals surface area contributed by atoms with Crippen LogP contribution in [0.25, 0.3) is 0 Å². The maximum atomic E-state index is 10.3. The number of carbonyl (C=O) groups excluding carboxylic acids is 1. The molecule has 1 aromatic heterocycles. The first-order chi connectivity index (χ1) is 5.27. The number of hydrogen-bond donors (Lipinski definition) is 0. The van der Waals surface area contributed by atoms with Crippen LogP contribution in [-0.2, 0) is 0 Å². The highest BCUT2D eigenvalue weighted by Crippen LogP contribution is 2.16. The lowest BCUT2D eigenvalue weighted by Gasteiger charge is -1.99. The molecule has 0 saturated carbocycles. The molecule has 0 unspecified atom stereocenters. The highest BCUT2D eigenvalue weighted by Gasteiger charge is 2.04. The van der Waals surface area contributed by atoms with Gasteiger partial charge in [-0.1, -0.05) is 11.6 Å². The predicted octanol–water partition coefficient (Wildman–Crippen LogP) is 0.951. The van der Waals surface area contributed by atoms with Gasteiger partial charge in [-0.3, -0.25) is 4.79 Å². The zero-order valence-corrected chi connectivity index (χ0v) is 6.50. The summed E-state index contributed by atoms with van der Waals surface area (Å²) in [7, 11) is 1.43. The Labute approximate surface area is 68.1 Å². The van der Waals surface area contributed by atoms with Gasteiger partial charge in [0.25, 0.3) is 0 Å². The van der Waals surface area contributed by atoms with Gasteiger partial charge in [0.15, 0.2) is 22.9 Å². The van der Waals surface area contributed by atoms with E-state index in [0.29, 0.717) is 12.0 Å². The molecule has 0 aliphatic rings. The number of carbonyl (C=O) groups is 1. The van der Waals surface area contributed by atoms with Crippen molar-refractivity contribution in [3.8, 4) is 5.75 Å². The highest BCUT2D eigenvalue weighted by atomic mass is 35.5. The van der Waals surface area contributed by atoms with Crippen LogP contribution in [0.5, 0.6) is 5.75 Å². The van der Waals surface area contributed by atoms with E-state index >= 15 is 0 Å². The standard InChI is InChI=1S/C6H5ClN2O2/c1-11-5-2-6(7)9-8-4(5)3-10/h2-3H,1H3. The van der Waals surface area contributed by atoms with Gasteiger partial charge in [-0.05, 0) is 0 Å². The lowest BCUT2D eigenvalue weighted by atomic mass is 10.4. The monoisotopic (exact) mass is 172 g/mol. The smallest absolute Gasteiger partial charge is 0.174 e. The lowest BCUT2D eigenvalue weighted by Crippen LogP contribution is -1.96.